The van der Waals surface area contributed by atoms with Crippen molar-refractivity contribution in [1.82, 2.24) is 29.0 Å². The third-order valence-electron chi connectivity index (χ3n) is 7.97. The zero-order valence-corrected chi connectivity index (χ0v) is 33.8. The molecule has 0 saturated carbocycles. The van der Waals surface area contributed by atoms with Gasteiger partial charge in [0.2, 0.25) is 0 Å². The maximum absolute atomic E-state index is 14.8. The number of amides is 4. The van der Waals surface area contributed by atoms with Crippen molar-refractivity contribution < 1.29 is 46.2 Å². The zero-order valence-electron chi connectivity index (χ0n) is 32.3. The van der Waals surface area contributed by atoms with Crippen LogP contribution in [0.4, 0.5) is 27.2 Å². The Kier molecular flexibility index (Phi) is 12.2. The smallest absolute Gasteiger partial charge is 0.417 e. The second-order valence-corrected chi connectivity index (χ2v) is 15.5. The van der Waals surface area contributed by atoms with Crippen molar-refractivity contribution in [1.29, 1.82) is 0 Å². The largest absolute Gasteiger partial charge is 0.443 e. The highest BCUT2D eigenvalue weighted by Crippen LogP contribution is 2.33. The molecule has 4 amide bonds. The van der Waals surface area contributed by atoms with Gasteiger partial charge in [0.15, 0.2) is 11.6 Å². The predicted molar refractivity (Wildman–Crippen MR) is 208 cm³/mol. The number of ether oxygens (including phenoxy) is 2. The number of aromatic nitrogens is 4. The summed E-state index contributed by atoms with van der Waals surface area (Å²) in [5.41, 5.74) is -0.831. The van der Waals surface area contributed by atoms with Crippen LogP contribution in [0.15, 0.2) is 73.1 Å². The van der Waals surface area contributed by atoms with Crippen LogP contribution in [0.5, 0.6) is 0 Å². The van der Waals surface area contributed by atoms with E-state index in [2.05, 4.69) is 10.2 Å². The first-order valence-electron chi connectivity index (χ1n) is 17.2. The minimum atomic E-state index is -0.908. The molecule has 304 valence electrons. The van der Waals surface area contributed by atoms with Gasteiger partial charge in [-0.3, -0.25) is 9.59 Å². The van der Waals surface area contributed by atoms with Crippen LogP contribution in [0.25, 0.3) is 33.5 Å². The van der Waals surface area contributed by atoms with Gasteiger partial charge in [-0.05, 0) is 102 Å². The number of halogens is 6. The number of imide groups is 2. The third kappa shape index (κ3) is 9.40. The van der Waals surface area contributed by atoms with E-state index in [1.807, 2.05) is 0 Å². The first-order valence-corrected chi connectivity index (χ1v) is 18.0. The van der Waals surface area contributed by atoms with Gasteiger partial charge >= 0.3 is 12.2 Å². The maximum atomic E-state index is 14.8. The molecule has 0 saturated heterocycles. The van der Waals surface area contributed by atoms with Crippen LogP contribution in [0.1, 0.15) is 62.3 Å². The van der Waals surface area contributed by atoms with Crippen molar-refractivity contribution in [2.45, 2.75) is 52.7 Å². The van der Waals surface area contributed by atoms with Gasteiger partial charge in [0, 0.05) is 31.4 Å². The van der Waals surface area contributed by atoms with E-state index in [0.717, 1.165) is 25.0 Å². The summed E-state index contributed by atoms with van der Waals surface area (Å²) >= 11 is 11.8. The van der Waals surface area contributed by atoms with Crippen LogP contribution < -0.4 is 0 Å². The van der Waals surface area contributed by atoms with Crippen molar-refractivity contribution in [3.8, 4) is 22.5 Å². The van der Waals surface area contributed by atoms with E-state index in [-0.39, 0.29) is 43.6 Å². The number of hydrogen-bond acceptors (Lipinski definition) is 8. The molecule has 0 aliphatic rings. The monoisotopic (exact) mass is 842 g/mol. The molecule has 0 aliphatic carbocycles. The predicted octanol–water partition coefficient (Wildman–Crippen LogP) is 9.88. The molecule has 0 aliphatic heterocycles. The number of nitrogens with zero attached hydrogens (tertiary/aromatic N) is 6. The molecule has 0 unspecified atom stereocenters. The van der Waals surface area contributed by atoms with E-state index in [0.29, 0.717) is 11.1 Å². The van der Waals surface area contributed by atoms with Gasteiger partial charge in [-0.2, -0.15) is 10.2 Å². The summed E-state index contributed by atoms with van der Waals surface area (Å²) in [5, 5.41) is 8.07. The molecule has 0 spiro atoms. The summed E-state index contributed by atoms with van der Waals surface area (Å²) in [5.74, 6) is -4.11. The Morgan fingerprint density at radius 1 is 0.638 bits per heavy atom. The minimum Gasteiger partial charge on any atom is -0.443 e. The molecule has 6 rings (SSSR count). The van der Waals surface area contributed by atoms with E-state index >= 15 is 0 Å². The van der Waals surface area contributed by atoms with Gasteiger partial charge in [0.25, 0.3) is 11.8 Å². The van der Waals surface area contributed by atoms with Crippen LogP contribution in [0.2, 0.25) is 10.0 Å². The second-order valence-electron chi connectivity index (χ2n) is 14.7. The lowest BCUT2D eigenvalue weighted by Crippen LogP contribution is -2.38. The third-order valence-corrected chi connectivity index (χ3v) is 8.55. The molecule has 0 atom stereocenters. The molecule has 4 aromatic heterocycles. The van der Waals surface area contributed by atoms with E-state index in [1.165, 1.54) is 81.0 Å². The number of rotatable bonds is 4. The molecule has 0 radical (unpaired) electrons. The van der Waals surface area contributed by atoms with Gasteiger partial charge < -0.3 is 9.47 Å². The van der Waals surface area contributed by atoms with Crippen molar-refractivity contribution >= 4 is 58.2 Å². The highest BCUT2D eigenvalue weighted by Gasteiger charge is 2.33. The summed E-state index contributed by atoms with van der Waals surface area (Å²) in [6.07, 6.45) is 0.641. The average Bonchev–Trinajstić information content (AvgIpc) is 3.70. The van der Waals surface area contributed by atoms with E-state index < -0.39 is 58.5 Å². The quantitative estimate of drug-likeness (QED) is 0.161. The van der Waals surface area contributed by atoms with Crippen LogP contribution in [0, 0.1) is 23.3 Å². The van der Waals surface area contributed by atoms with Gasteiger partial charge in [-0.15, -0.1) is 0 Å². The molecule has 0 bridgehead atoms. The van der Waals surface area contributed by atoms with E-state index in [4.69, 9.17) is 32.7 Å². The minimum absolute atomic E-state index is 0.00636. The summed E-state index contributed by atoms with van der Waals surface area (Å²) in [4.78, 5) is 52.6. The molecule has 6 aromatic rings. The van der Waals surface area contributed by atoms with Gasteiger partial charge in [0.05, 0.1) is 32.9 Å². The lowest BCUT2D eigenvalue weighted by Gasteiger charge is -2.23. The van der Waals surface area contributed by atoms with E-state index in [9.17, 15) is 36.7 Å². The van der Waals surface area contributed by atoms with Gasteiger partial charge in [-0.25, -0.2) is 46.0 Å². The standard InChI is InChI=1S/2C20H18ClF2N3O3/c1-20(2,3)29-19(28)25(4)18(27)16-15-9-13(21)14(23)10-26(15)24-17(16)11-5-7-12(22)8-6-11;1-20(2,3)29-19(28)25(4)18(27)14-16(11-5-7-12(22)8-6-11)24-26-10-9-13(21)15(23)17(14)26/h2*5-10H,1-4H3. The highest BCUT2D eigenvalue weighted by atomic mass is 35.5. The number of carbonyl (C=O) groups is 4. The topological polar surface area (TPSA) is 128 Å². The Morgan fingerprint density at radius 3 is 1.53 bits per heavy atom. The van der Waals surface area contributed by atoms with Crippen LogP contribution in [-0.2, 0) is 9.47 Å². The van der Waals surface area contributed by atoms with Gasteiger partial charge in [-0.1, -0.05) is 23.2 Å². The average molecular weight is 844 g/mol. The molecule has 58 heavy (non-hydrogen) atoms. The molecular formula is C40H36Cl2F4N6O6. The highest BCUT2D eigenvalue weighted by molar-refractivity contribution is 6.31. The molecule has 12 nitrogen and oxygen atoms in total. The Balaban J connectivity index is 0.000000221. The number of fused-ring (bicyclic) bond motifs is 2. The normalized spacial score (nSPS) is 11.6. The van der Waals surface area contributed by atoms with E-state index in [1.54, 1.807) is 41.5 Å². The van der Waals surface area contributed by atoms with Crippen LogP contribution >= 0.6 is 23.2 Å². The van der Waals surface area contributed by atoms with Crippen LogP contribution in [-0.4, -0.2) is 78.3 Å². The lowest BCUT2D eigenvalue weighted by molar-refractivity contribution is 0.0268. The SMILES string of the molecule is CN(C(=O)OC(C)(C)C)C(=O)c1c(-c2ccc(F)cc2)nn2cc(F)c(Cl)cc12.CN(C(=O)OC(C)(C)C)C(=O)c1c(-c2ccc(F)cc2)nn2ccc(Cl)c(F)c12. The Labute approximate surface area is 339 Å². The van der Waals surface area contributed by atoms with Crippen molar-refractivity contribution in [3.63, 3.8) is 0 Å². The first-order chi connectivity index (χ1) is 27.0. The number of benzene rings is 2. The first kappa shape index (κ1) is 43.1. The molecular weight excluding hydrogens is 807 g/mol. The maximum Gasteiger partial charge on any atom is 0.417 e. The summed E-state index contributed by atoms with van der Waals surface area (Å²) in [7, 11) is 2.48. The Morgan fingerprint density at radius 2 is 1.07 bits per heavy atom. The molecule has 2 aromatic carbocycles. The molecule has 4 heterocycles. The number of hydrogen-bond donors (Lipinski definition) is 0. The fourth-order valence-corrected chi connectivity index (χ4v) is 5.61. The van der Waals surface area contributed by atoms with Crippen molar-refractivity contribution in [2.75, 3.05) is 14.1 Å². The fraction of sp³-hybridized carbons (Fsp3) is 0.250. The summed E-state index contributed by atoms with van der Waals surface area (Å²) < 4.78 is 68.1. The number of carbonyl (C=O) groups excluding carboxylic acids is 4. The summed E-state index contributed by atoms with van der Waals surface area (Å²) in [6, 6.07) is 13.0. The van der Waals surface area contributed by atoms with Gasteiger partial charge in [0.1, 0.15) is 39.7 Å². The number of pyridine rings is 2. The molecule has 18 heteroatoms. The lowest BCUT2D eigenvalue weighted by atomic mass is 10.1. The zero-order chi connectivity index (χ0) is 43.0. The Bertz CT molecular complexity index is 2560. The van der Waals surface area contributed by atoms with Crippen molar-refractivity contribution in [2.24, 2.45) is 0 Å². The van der Waals surface area contributed by atoms with Crippen LogP contribution in [0.3, 0.4) is 0 Å². The second kappa shape index (κ2) is 16.5. The molecule has 0 N–H and O–H groups in total. The Hall–Kier alpha value is -6.00. The van der Waals surface area contributed by atoms with Crippen molar-refractivity contribution in [3.05, 3.63) is 117 Å². The molecule has 0 fully saturated rings. The summed E-state index contributed by atoms with van der Waals surface area (Å²) in [6.45, 7) is 9.98. The fourth-order valence-electron chi connectivity index (χ4n) is 5.31.